The molecule has 0 saturated carbocycles. The van der Waals surface area contributed by atoms with Crippen LogP contribution in [0.15, 0.2) is 24.3 Å². The molecule has 1 aromatic carbocycles. The molecule has 150 valence electrons. The Morgan fingerprint density at radius 3 is 2.61 bits per heavy atom. The van der Waals surface area contributed by atoms with Crippen molar-refractivity contribution in [3.8, 4) is 0 Å². The maximum atomic E-state index is 12.9. The van der Waals surface area contributed by atoms with Crippen molar-refractivity contribution in [2.24, 2.45) is 0 Å². The number of carbonyl (C=O) groups is 1. The highest BCUT2D eigenvalue weighted by Crippen LogP contribution is 2.36. The van der Waals surface area contributed by atoms with Gasteiger partial charge in [0.2, 0.25) is 5.95 Å². The maximum absolute atomic E-state index is 12.9. The van der Waals surface area contributed by atoms with Crippen molar-refractivity contribution in [2.75, 3.05) is 23.3 Å². The van der Waals surface area contributed by atoms with Crippen molar-refractivity contribution >= 4 is 29.3 Å². The highest BCUT2D eigenvalue weighted by Gasteiger charge is 2.33. The van der Waals surface area contributed by atoms with Gasteiger partial charge in [-0.05, 0) is 44.0 Å². The molecule has 1 aliphatic heterocycles. The summed E-state index contributed by atoms with van der Waals surface area (Å²) in [6.07, 6.45) is -2.42. The van der Waals surface area contributed by atoms with Crippen LogP contribution in [0.25, 0.3) is 0 Å². The van der Waals surface area contributed by atoms with E-state index in [0.29, 0.717) is 11.6 Å². The van der Waals surface area contributed by atoms with Crippen molar-refractivity contribution in [3.63, 3.8) is 0 Å². The number of rotatable bonds is 4. The molecule has 1 aliphatic rings. The van der Waals surface area contributed by atoms with E-state index in [4.69, 9.17) is 11.6 Å². The summed E-state index contributed by atoms with van der Waals surface area (Å²) in [5.74, 6) is 0.627. The highest BCUT2D eigenvalue weighted by molar-refractivity contribution is 6.31. The average Bonchev–Trinajstić information content (AvgIpc) is 3.15. The normalized spacial score (nSPS) is 14.2. The quantitative estimate of drug-likeness (QED) is 0.780. The molecule has 2 aromatic rings. The molecular weight excluding hydrogens is 395 g/mol. The molecule has 0 radical (unpaired) electrons. The highest BCUT2D eigenvalue weighted by atomic mass is 35.5. The number of benzene rings is 1. The first kappa shape index (κ1) is 20.2. The second kappa shape index (κ2) is 8.22. The zero-order valence-corrected chi connectivity index (χ0v) is 15.9. The summed E-state index contributed by atoms with van der Waals surface area (Å²) in [5.41, 5.74) is 0.387. The van der Waals surface area contributed by atoms with E-state index in [1.165, 1.54) is 6.07 Å². The van der Waals surface area contributed by atoms with Crippen LogP contribution >= 0.6 is 11.6 Å². The number of anilines is 2. The van der Waals surface area contributed by atoms with Gasteiger partial charge in [-0.3, -0.25) is 0 Å². The number of urea groups is 1. The van der Waals surface area contributed by atoms with Gasteiger partial charge in [-0.25, -0.2) is 14.8 Å². The van der Waals surface area contributed by atoms with Crippen LogP contribution in [-0.2, 0) is 12.7 Å². The van der Waals surface area contributed by atoms with Crippen LogP contribution in [0.1, 0.15) is 29.8 Å². The number of halogens is 4. The molecule has 1 fully saturated rings. The van der Waals surface area contributed by atoms with E-state index in [-0.39, 0.29) is 12.2 Å². The van der Waals surface area contributed by atoms with Crippen molar-refractivity contribution in [3.05, 3.63) is 46.2 Å². The van der Waals surface area contributed by atoms with E-state index < -0.39 is 22.8 Å². The zero-order chi connectivity index (χ0) is 20.3. The van der Waals surface area contributed by atoms with Crippen molar-refractivity contribution < 1.29 is 18.0 Å². The molecule has 10 heteroatoms. The van der Waals surface area contributed by atoms with Gasteiger partial charge in [0.1, 0.15) is 0 Å². The molecular formula is C18H19ClF3N5O. The third-order valence-electron chi connectivity index (χ3n) is 4.24. The van der Waals surface area contributed by atoms with Crippen molar-refractivity contribution in [1.29, 1.82) is 0 Å². The third-order valence-corrected chi connectivity index (χ3v) is 4.57. The number of alkyl halides is 3. The summed E-state index contributed by atoms with van der Waals surface area (Å²) in [4.78, 5) is 23.0. The summed E-state index contributed by atoms with van der Waals surface area (Å²) in [6.45, 7) is 3.76. The first-order valence-electron chi connectivity index (χ1n) is 8.73. The van der Waals surface area contributed by atoms with Gasteiger partial charge in [0.15, 0.2) is 0 Å². The Morgan fingerprint density at radius 1 is 1.21 bits per heavy atom. The second-order valence-corrected chi connectivity index (χ2v) is 6.90. The lowest BCUT2D eigenvalue weighted by Gasteiger charge is -2.16. The Balaban J connectivity index is 1.63. The van der Waals surface area contributed by atoms with Crippen LogP contribution in [0.4, 0.5) is 29.6 Å². The van der Waals surface area contributed by atoms with E-state index >= 15 is 0 Å². The molecule has 0 unspecified atom stereocenters. The Labute approximate surface area is 165 Å². The number of aryl methyl sites for hydroxylation is 1. The summed E-state index contributed by atoms with van der Waals surface area (Å²) in [5, 5.41) is 4.54. The SMILES string of the molecule is Cc1cc(CNC(=O)Nc2ccc(Cl)c(C(F)(F)F)c2)nc(N2CCCC2)n1. The molecule has 0 spiro atoms. The molecule has 0 aliphatic carbocycles. The first-order chi connectivity index (χ1) is 13.2. The number of aromatic nitrogens is 2. The maximum Gasteiger partial charge on any atom is 0.417 e. The lowest BCUT2D eigenvalue weighted by atomic mass is 10.2. The summed E-state index contributed by atoms with van der Waals surface area (Å²) in [6, 6.07) is 4.30. The molecule has 0 bridgehead atoms. The van der Waals surface area contributed by atoms with Crippen LogP contribution in [0.3, 0.4) is 0 Å². The molecule has 2 N–H and O–H groups in total. The van der Waals surface area contributed by atoms with Crippen LogP contribution in [0, 0.1) is 6.92 Å². The third kappa shape index (κ3) is 5.03. The fourth-order valence-corrected chi connectivity index (χ4v) is 3.16. The summed E-state index contributed by atoms with van der Waals surface area (Å²) >= 11 is 5.58. The molecule has 6 nitrogen and oxygen atoms in total. The lowest BCUT2D eigenvalue weighted by Crippen LogP contribution is -2.29. The molecule has 28 heavy (non-hydrogen) atoms. The van der Waals surface area contributed by atoms with Crippen molar-refractivity contribution in [2.45, 2.75) is 32.5 Å². The van der Waals surface area contributed by atoms with E-state index in [1.807, 2.05) is 6.92 Å². The van der Waals surface area contributed by atoms with Gasteiger partial charge in [-0.1, -0.05) is 11.6 Å². The predicted octanol–water partition coefficient (Wildman–Crippen LogP) is 4.38. The Morgan fingerprint density at radius 2 is 1.93 bits per heavy atom. The van der Waals surface area contributed by atoms with E-state index in [9.17, 15) is 18.0 Å². The first-order valence-corrected chi connectivity index (χ1v) is 9.11. The van der Waals surface area contributed by atoms with E-state index in [0.717, 1.165) is 43.8 Å². The molecule has 0 atom stereocenters. The Kier molecular flexibility index (Phi) is 5.93. The van der Waals surface area contributed by atoms with E-state index in [2.05, 4.69) is 25.5 Å². The molecule has 3 rings (SSSR count). The summed E-state index contributed by atoms with van der Waals surface area (Å²) < 4.78 is 38.7. The number of amides is 2. The topological polar surface area (TPSA) is 70.2 Å². The summed E-state index contributed by atoms with van der Waals surface area (Å²) in [7, 11) is 0. The fourth-order valence-electron chi connectivity index (χ4n) is 2.93. The average molecular weight is 414 g/mol. The van der Waals surface area contributed by atoms with Crippen molar-refractivity contribution in [1.82, 2.24) is 15.3 Å². The standard InChI is InChI=1S/C18H19ClF3N5O/c1-11-8-13(25-16(24-11)27-6-2-3-7-27)10-23-17(28)26-12-4-5-15(19)14(9-12)18(20,21)22/h4-5,8-9H,2-3,6-7,10H2,1H3,(H2,23,26,28). The number of nitrogens with zero attached hydrogens (tertiary/aromatic N) is 3. The van der Waals surface area contributed by atoms with Gasteiger partial charge >= 0.3 is 12.2 Å². The molecule has 2 amide bonds. The van der Waals surface area contributed by atoms with Crippen LogP contribution in [-0.4, -0.2) is 29.1 Å². The van der Waals surface area contributed by atoms with Crippen LogP contribution in [0.2, 0.25) is 5.02 Å². The van der Waals surface area contributed by atoms with Gasteiger partial charge in [0, 0.05) is 24.5 Å². The second-order valence-electron chi connectivity index (χ2n) is 6.49. The van der Waals surface area contributed by atoms with Gasteiger partial charge in [0.05, 0.1) is 22.8 Å². The minimum atomic E-state index is -4.60. The number of nitrogens with one attached hydrogen (secondary N) is 2. The Hall–Kier alpha value is -2.55. The Bertz CT molecular complexity index is 869. The fraction of sp³-hybridized carbons (Fsp3) is 0.389. The monoisotopic (exact) mass is 413 g/mol. The minimum absolute atomic E-state index is 0.00847. The number of hydrogen-bond acceptors (Lipinski definition) is 4. The van der Waals surface area contributed by atoms with Gasteiger partial charge < -0.3 is 15.5 Å². The molecule has 1 aromatic heterocycles. The van der Waals surface area contributed by atoms with Gasteiger partial charge in [0.25, 0.3) is 0 Å². The lowest BCUT2D eigenvalue weighted by molar-refractivity contribution is -0.137. The predicted molar refractivity (Wildman–Crippen MR) is 101 cm³/mol. The largest absolute Gasteiger partial charge is 0.417 e. The molecule has 2 heterocycles. The van der Waals surface area contributed by atoms with Crippen LogP contribution < -0.4 is 15.5 Å². The van der Waals surface area contributed by atoms with Crippen LogP contribution in [0.5, 0.6) is 0 Å². The van der Waals surface area contributed by atoms with Gasteiger partial charge in [-0.2, -0.15) is 13.2 Å². The zero-order valence-electron chi connectivity index (χ0n) is 15.1. The molecule has 1 saturated heterocycles. The van der Waals surface area contributed by atoms with E-state index in [1.54, 1.807) is 6.07 Å². The van der Waals surface area contributed by atoms with Gasteiger partial charge in [-0.15, -0.1) is 0 Å². The smallest absolute Gasteiger partial charge is 0.341 e. The minimum Gasteiger partial charge on any atom is -0.341 e. The number of carbonyl (C=O) groups excluding carboxylic acids is 1. The number of hydrogen-bond donors (Lipinski definition) is 2.